The van der Waals surface area contributed by atoms with Crippen molar-refractivity contribution >= 4 is 17.3 Å². The van der Waals surface area contributed by atoms with Crippen LogP contribution in [0.15, 0.2) is 18.2 Å². The number of nitrogens with one attached hydrogen (secondary N) is 1. The lowest BCUT2D eigenvalue weighted by Gasteiger charge is -2.41. The molecule has 1 aliphatic carbocycles. The van der Waals surface area contributed by atoms with Gasteiger partial charge in [0.15, 0.2) is 0 Å². The van der Waals surface area contributed by atoms with E-state index in [9.17, 15) is 0 Å². The molecule has 0 bridgehead atoms. The molecule has 2 unspecified atom stereocenters. The fourth-order valence-electron chi connectivity index (χ4n) is 3.24. The van der Waals surface area contributed by atoms with Crippen LogP contribution in [0.3, 0.4) is 0 Å². The molecule has 2 atom stereocenters. The summed E-state index contributed by atoms with van der Waals surface area (Å²) in [5.41, 5.74) is 1.86. The Kier molecular flexibility index (Phi) is 4.60. The maximum atomic E-state index is 8.89. The highest BCUT2D eigenvalue weighted by Crippen LogP contribution is 2.40. The van der Waals surface area contributed by atoms with Crippen LogP contribution in [0.5, 0.6) is 0 Å². The van der Waals surface area contributed by atoms with Crippen LogP contribution in [0.2, 0.25) is 5.02 Å². The molecular formula is C17H23ClN2. The van der Waals surface area contributed by atoms with Gasteiger partial charge in [0.05, 0.1) is 22.3 Å². The molecule has 1 fully saturated rings. The summed E-state index contributed by atoms with van der Waals surface area (Å²) in [5.74, 6) is 0.656. The number of benzene rings is 1. The SMILES string of the molecule is CC(C)(C)C1CCCCC1Nc1ccc(C#N)cc1Cl. The molecule has 108 valence electrons. The smallest absolute Gasteiger partial charge is 0.0992 e. The van der Waals surface area contributed by atoms with E-state index in [0.717, 1.165) is 5.69 Å². The second-order valence-corrected chi connectivity index (χ2v) is 7.22. The number of nitrogens with zero attached hydrogens (tertiary/aromatic N) is 1. The summed E-state index contributed by atoms with van der Waals surface area (Å²) in [6, 6.07) is 8.07. The van der Waals surface area contributed by atoms with Crippen molar-refractivity contribution < 1.29 is 0 Å². The van der Waals surface area contributed by atoms with Crippen LogP contribution < -0.4 is 5.32 Å². The molecule has 20 heavy (non-hydrogen) atoms. The van der Waals surface area contributed by atoms with Crippen molar-refractivity contribution in [2.24, 2.45) is 11.3 Å². The summed E-state index contributed by atoms with van der Waals surface area (Å²) in [4.78, 5) is 0. The zero-order valence-corrected chi connectivity index (χ0v) is 13.3. The molecule has 0 spiro atoms. The standard InChI is InChI=1S/C17H23ClN2/c1-17(2,3)13-6-4-5-7-15(13)20-16-9-8-12(11-19)10-14(16)18/h8-10,13,15,20H,4-7H2,1-3H3. The molecule has 0 saturated heterocycles. The Hall–Kier alpha value is -1.20. The third-order valence-electron chi connectivity index (χ3n) is 4.32. The van der Waals surface area contributed by atoms with Crippen LogP contribution in [0.25, 0.3) is 0 Å². The number of rotatable bonds is 2. The van der Waals surface area contributed by atoms with E-state index >= 15 is 0 Å². The maximum absolute atomic E-state index is 8.89. The van der Waals surface area contributed by atoms with Gasteiger partial charge in [-0.3, -0.25) is 0 Å². The minimum absolute atomic E-state index is 0.303. The van der Waals surface area contributed by atoms with Gasteiger partial charge in [-0.25, -0.2) is 0 Å². The molecule has 1 aliphatic rings. The van der Waals surface area contributed by atoms with E-state index in [-0.39, 0.29) is 0 Å². The van der Waals surface area contributed by atoms with Crippen LogP contribution in [0.4, 0.5) is 5.69 Å². The Morgan fingerprint density at radius 2 is 1.95 bits per heavy atom. The third kappa shape index (κ3) is 3.46. The molecule has 0 amide bonds. The lowest BCUT2D eigenvalue weighted by atomic mass is 9.69. The van der Waals surface area contributed by atoms with E-state index in [1.807, 2.05) is 12.1 Å². The fraction of sp³-hybridized carbons (Fsp3) is 0.588. The van der Waals surface area contributed by atoms with Crippen molar-refractivity contribution in [3.8, 4) is 6.07 Å². The first-order valence-electron chi connectivity index (χ1n) is 7.38. The van der Waals surface area contributed by atoms with Crippen LogP contribution in [-0.2, 0) is 0 Å². The summed E-state index contributed by atoms with van der Waals surface area (Å²) in [5, 5.41) is 13.2. The maximum Gasteiger partial charge on any atom is 0.0992 e. The first kappa shape index (κ1) is 15.2. The second-order valence-electron chi connectivity index (χ2n) is 6.81. The summed E-state index contributed by atoms with van der Waals surface area (Å²) in [7, 11) is 0. The van der Waals surface area contributed by atoms with Crippen molar-refractivity contribution in [3.63, 3.8) is 0 Å². The molecule has 1 saturated carbocycles. The van der Waals surface area contributed by atoms with Gasteiger partial charge in [0.1, 0.15) is 0 Å². The van der Waals surface area contributed by atoms with Crippen LogP contribution in [0.1, 0.15) is 52.0 Å². The zero-order chi connectivity index (χ0) is 14.8. The highest BCUT2D eigenvalue weighted by atomic mass is 35.5. The summed E-state index contributed by atoms with van der Waals surface area (Å²) < 4.78 is 0. The molecule has 0 radical (unpaired) electrons. The molecule has 0 heterocycles. The number of hydrogen-bond acceptors (Lipinski definition) is 2. The average molecular weight is 291 g/mol. The van der Waals surface area contributed by atoms with Crippen molar-refractivity contribution in [1.82, 2.24) is 0 Å². The molecule has 3 heteroatoms. The van der Waals surface area contributed by atoms with Gasteiger partial charge < -0.3 is 5.32 Å². The Balaban J connectivity index is 2.17. The van der Waals surface area contributed by atoms with Gasteiger partial charge in [0, 0.05) is 6.04 Å². The number of nitriles is 1. The summed E-state index contributed by atoms with van der Waals surface area (Å²) in [6.45, 7) is 6.95. The molecule has 1 N–H and O–H groups in total. The summed E-state index contributed by atoms with van der Waals surface area (Å²) in [6.07, 6.45) is 5.06. The van der Waals surface area contributed by atoms with Crippen LogP contribution in [-0.4, -0.2) is 6.04 Å². The Morgan fingerprint density at radius 1 is 1.25 bits per heavy atom. The van der Waals surface area contributed by atoms with Gasteiger partial charge in [-0.15, -0.1) is 0 Å². The number of anilines is 1. The van der Waals surface area contributed by atoms with E-state index in [1.54, 1.807) is 6.07 Å². The lowest BCUT2D eigenvalue weighted by molar-refractivity contribution is 0.163. The van der Waals surface area contributed by atoms with Gasteiger partial charge in [-0.2, -0.15) is 5.26 Å². The Labute approximate surface area is 127 Å². The Bertz CT molecular complexity index is 511. The first-order valence-corrected chi connectivity index (χ1v) is 7.76. The van der Waals surface area contributed by atoms with E-state index in [1.165, 1.54) is 25.7 Å². The third-order valence-corrected chi connectivity index (χ3v) is 4.63. The van der Waals surface area contributed by atoms with Crippen LogP contribution in [0, 0.1) is 22.7 Å². The normalized spacial score (nSPS) is 23.1. The molecule has 2 nitrogen and oxygen atoms in total. The van der Waals surface area contributed by atoms with E-state index < -0.39 is 0 Å². The van der Waals surface area contributed by atoms with E-state index in [0.29, 0.717) is 28.0 Å². The molecule has 1 aromatic rings. The van der Waals surface area contributed by atoms with Gasteiger partial charge in [0.25, 0.3) is 0 Å². The minimum atomic E-state index is 0.303. The van der Waals surface area contributed by atoms with Crippen molar-refractivity contribution in [1.29, 1.82) is 5.26 Å². The quantitative estimate of drug-likeness (QED) is 0.809. The van der Waals surface area contributed by atoms with Gasteiger partial charge in [-0.1, -0.05) is 45.2 Å². The topological polar surface area (TPSA) is 35.8 Å². The molecule has 0 aromatic heterocycles. The van der Waals surface area contributed by atoms with Crippen LogP contribution >= 0.6 is 11.6 Å². The second kappa shape index (κ2) is 6.06. The zero-order valence-electron chi connectivity index (χ0n) is 12.5. The molecular weight excluding hydrogens is 268 g/mol. The van der Waals surface area contributed by atoms with Crippen molar-refractivity contribution in [2.45, 2.75) is 52.5 Å². The van der Waals surface area contributed by atoms with Gasteiger partial charge >= 0.3 is 0 Å². The Morgan fingerprint density at radius 3 is 2.55 bits per heavy atom. The predicted octanol–water partition coefficient (Wildman–Crippen LogP) is 5.23. The van der Waals surface area contributed by atoms with Gasteiger partial charge in [0.2, 0.25) is 0 Å². The minimum Gasteiger partial charge on any atom is -0.381 e. The van der Waals surface area contributed by atoms with E-state index in [4.69, 9.17) is 16.9 Å². The number of hydrogen-bond donors (Lipinski definition) is 1. The predicted molar refractivity (Wildman–Crippen MR) is 85.0 cm³/mol. The monoisotopic (exact) mass is 290 g/mol. The summed E-state index contributed by atoms with van der Waals surface area (Å²) >= 11 is 6.28. The highest BCUT2D eigenvalue weighted by Gasteiger charge is 2.34. The first-order chi connectivity index (χ1) is 9.41. The fourth-order valence-corrected chi connectivity index (χ4v) is 3.48. The van der Waals surface area contributed by atoms with Crippen molar-refractivity contribution in [2.75, 3.05) is 5.32 Å². The molecule has 1 aromatic carbocycles. The number of halogens is 1. The average Bonchev–Trinajstić information content (AvgIpc) is 2.40. The largest absolute Gasteiger partial charge is 0.381 e. The highest BCUT2D eigenvalue weighted by molar-refractivity contribution is 6.33. The van der Waals surface area contributed by atoms with Gasteiger partial charge in [-0.05, 0) is 42.4 Å². The lowest BCUT2D eigenvalue weighted by Crippen LogP contribution is -2.39. The van der Waals surface area contributed by atoms with E-state index in [2.05, 4.69) is 32.2 Å². The molecule has 0 aliphatic heterocycles. The van der Waals surface area contributed by atoms with Crippen molar-refractivity contribution in [3.05, 3.63) is 28.8 Å². The molecule has 2 rings (SSSR count).